The van der Waals surface area contributed by atoms with E-state index in [9.17, 15) is 14.3 Å². The fourth-order valence-corrected chi connectivity index (χ4v) is 3.72. The van der Waals surface area contributed by atoms with E-state index in [2.05, 4.69) is 15.3 Å². The number of halogens is 2. The molecule has 0 saturated heterocycles. The third-order valence-corrected chi connectivity index (χ3v) is 5.39. The van der Waals surface area contributed by atoms with E-state index in [-0.39, 0.29) is 22.9 Å². The van der Waals surface area contributed by atoms with Gasteiger partial charge in [-0.1, -0.05) is 18.5 Å². The fourth-order valence-electron chi connectivity index (χ4n) is 3.47. The van der Waals surface area contributed by atoms with Crippen molar-refractivity contribution in [2.75, 3.05) is 11.9 Å². The summed E-state index contributed by atoms with van der Waals surface area (Å²) in [5.74, 6) is -1.43. The van der Waals surface area contributed by atoms with E-state index in [1.54, 1.807) is 53.3 Å². The lowest BCUT2D eigenvalue weighted by atomic mass is 10.0. The van der Waals surface area contributed by atoms with Crippen molar-refractivity contribution in [2.45, 2.75) is 13.3 Å². The molecule has 0 radical (unpaired) electrons. The number of anilines is 2. The summed E-state index contributed by atoms with van der Waals surface area (Å²) in [7, 11) is 0. The third kappa shape index (κ3) is 4.16. The van der Waals surface area contributed by atoms with E-state index in [4.69, 9.17) is 21.6 Å². The second kappa shape index (κ2) is 9.14. The number of aromatic nitrogens is 3. The molecular weight excluding hydrogens is 449 g/mol. The number of aromatic carboxylic acids is 1. The van der Waals surface area contributed by atoms with Crippen molar-refractivity contribution in [1.82, 2.24) is 14.4 Å². The maximum Gasteiger partial charge on any atom is 0.335 e. The average molecular weight is 466 g/mol. The number of carboxylic acids is 1. The minimum atomic E-state index is -0.982. The lowest BCUT2D eigenvalue weighted by Crippen LogP contribution is -2.04. The fraction of sp³-hybridized carbons (Fsp3) is 0.130. The number of ether oxygens (including phenoxy) is 1. The molecule has 10 heteroatoms. The van der Waals surface area contributed by atoms with Crippen molar-refractivity contribution in [3.05, 3.63) is 70.9 Å². The summed E-state index contributed by atoms with van der Waals surface area (Å²) in [4.78, 5) is 20.1. The lowest BCUT2D eigenvalue weighted by Gasteiger charge is -2.11. The molecule has 33 heavy (non-hydrogen) atoms. The molecule has 0 aliphatic heterocycles. The minimum Gasteiger partial charge on any atom is -0.478 e. The summed E-state index contributed by atoms with van der Waals surface area (Å²) < 4.78 is 21.4. The SMILES string of the molecule is CCc1cc(Nc2nccn3c(-c4ccc(OCC#N)c(F)c4Cl)cnc23)ccc1C(=O)O. The second-order valence-corrected chi connectivity index (χ2v) is 7.33. The number of hydrogen-bond donors (Lipinski definition) is 2. The Balaban J connectivity index is 1.72. The third-order valence-electron chi connectivity index (χ3n) is 5.02. The maximum atomic E-state index is 14.6. The van der Waals surface area contributed by atoms with Crippen molar-refractivity contribution in [1.29, 1.82) is 5.26 Å². The minimum absolute atomic E-state index is 0.111. The number of carbonyl (C=O) groups is 1. The molecule has 2 heterocycles. The molecular formula is C23H17ClFN5O3. The Hall–Kier alpha value is -4.16. The number of rotatable bonds is 7. The Morgan fingerprint density at radius 2 is 2.15 bits per heavy atom. The molecule has 0 amide bonds. The molecule has 4 aromatic rings. The van der Waals surface area contributed by atoms with Crippen LogP contribution in [0.2, 0.25) is 5.02 Å². The van der Waals surface area contributed by atoms with Gasteiger partial charge in [0.25, 0.3) is 0 Å². The van der Waals surface area contributed by atoms with Gasteiger partial charge in [-0.3, -0.25) is 4.40 Å². The van der Waals surface area contributed by atoms with Crippen LogP contribution in [0.5, 0.6) is 5.75 Å². The average Bonchev–Trinajstić information content (AvgIpc) is 3.25. The van der Waals surface area contributed by atoms with Gasteiger partial charge in [-0.05, 0) is 42.3 Å². The van der Waals surface area contributed by atoms with Gasteiger partial charge in [-0.2, -0.15) is 5.26 Å². The van der Waals surface area contributed by atoms with Crippen LogP contribution in [-0.4, -0.2) is 32.1 Å². The maximum absolute atomic E-state index is 14.6. The second-order valence-electron chi connectivity index (χ2n) is 6.95. The molecule has 0 atom stereocenters. The Morgan fingerprint density at radius 3 is 2.88 bits per heavy atom. The van der Waals surface area contributed by atoms with E-state index in [0.717, 1.165) is 0 Å². The molecule has 2 N–H and O–H groups in total. The van der Waals surface area contributed by atoms with Gasteiger partial charge < -0.3 is 15.2 Å². The smallest absolute Gasteiger partial charge is 0.335 e. The van der Waals surface area contributed by atoms with Gasteiger partial charge >= 0.3 is 5.97 Å². The Kier molecular flexibility index (Phi) is 6.11. The number of imidazole rings is 1. The topological polar surface area (TPSA) is 113 Å². The first kappa shape index (κ1) is 22.0. The van der Waals surface area contributed by atoms with E-state index >= 15 is 0 Å². The van der Waals surface area contributed by atoms with E-state index in [0.29, 0.717) is 40.4 Å². The predicted molar refractivity (Wildman–Crippen MR) is 121 cm³/mol. The zero-order chi connectivity index (χ0) is 23.5. The van der Waals surface area contributed by atoms with Gasteiger partial charge in [-0.25, -0.2) is 19.2 Å². The van der Waals surface area contributed by atoms with Crippen molar-refractivity contribution in [2.24, 2.45) is 0 Å². The molecule has 0 spiro atoms. The number of fused-ring (bicyclic) bond motifs is 1. The van der Waals surface area contributed by atoms with Gasteiger partial charge in [-0.15, -0.1) is 0 Å². The summed E-state index contributed by atoms with van der Waals surface area (Å²) >= 11 is 6.25. The summed E-state index contributed by atoms with van der Waals surface area (Å²) in [5, 5.41) is 21.0. The summed E-state index contributed by atoms with van der Waals surface area (Å²) in [6.45, 7) is 1.58. The first-order chi connectivity index (χ1) is 15.9. The van der Waals surface area contributed by atoms with Crippen LogP contribution in [0.1, 0.15) is 22.8 Å². The van der Waals surface area contributed by atoms with E-state index in [1.807, 2.05) is 6.92 Å². The highest BCUT2D eigenvalue weighted by atomic mass is 35.5. The molecule has 4 rings (SSSR count). The van der Waals surface area contributed by atoms with Crippen molar-refractivity contribution < 1.29 is 19.0 Å². The summed E-state index contributed by atoms with van der Waals surface area (Å²) in [6.07, 6.45) is 5.33. The number of carboxylic acid groups (broad SMARTS) is 1. The Labute approximate surface area is 192 Å². The molecule has 0 unspecified atom stereocenters. The molecule has 166 valence electrons. The van der Waals surface area contributed by atoms with E-state index < -0.39 is 11.8 Å². The number of aryl methyl sites for hydroxylation is 1. The van der Waals surface area contributed by atoms with Crippen molar-refractivity contribution in [3.8, 4) is 23.1 Å². The first-order valence-corrected chi connectivity index (χ1v) is 10.3. The summed E-state index contributed by atoms with van der Waals surface area (Å²) in [6, 6.07) is 9.73. The quantitative estimate of drug-likeness (QED) is 0.390. The van der Waals surface area contributed by atoms with Crippen LogP contribution in [0.25, 0.3) is 16.9 Å². The zero-order valence-electron chi connectivity index (χ0n) is 17.3. The van der Waals surface area contributed by atoms with Gasteiger partial charge in [0, 0.05) is 23.6 Å². The molecule has 0 aliphatic rings. The standard InChI is InChI=1S/C23H17ClFN5O3/c1-2-13-11-14(3-4-15(13)23(31)32)29-21-22-28-12-17(30(22)9-8-27-21)16-5-6-18(33-10-7-26)20(25)19(16)24/h3-6,8-9,11-12H,2,10H2,1H3,(H,27,29)(H,31,32). The molecule has 2 aromatic carbocycles. The molecule has 0 fully saturated rings. The lowest BCUT2D eigenvalue weighted by molar-refractivity contribution is 0.0695. The molecule has 0 bridgehead atoms. The normalized spacial score (nSPS) is 10.7. The largest absolute Gasteiger partial charge is 0.478 e. The van der Waals surface area contributed by atoms with Crippen LogP contribution in [0.3, 0.4) is 0 Å². The highest BCUT2D eigenvalue weighted by Gasteiger charge is 2.18. The number of benzene rings is 2. The van der Waals surface area contributed by atoms with Gasteiger partial charge in [0.2, 0.25) is 0 Å². The Bertz CT molecular complexity index is 1410. The van der Waals surface area contributed by atoms with Crippen molar-refractivity contribution in [3.63, 3.8) is 0 Å². The molecule has 0 saturated carbocycles. The summed E-state index contributed by atoms with van der Waals surface area (Å²) in [5.41, 5.74) is 2.98. The van der Waals surface area contributed by atoms with Gasteiger partial charge in [0.15, 0.2) is 29.6 Å². The van der Waals surface area contributed by atoms with Crippen LogP contribution >= 0.6 is 11.6 Å². The molecule has 0 aliphatic carbocycles. The number of nitrogens with one attached hydrogen (secondary N) is 1. The number of hydrogen-bond acceptors (Lipinski definition) is 6. The van der Waals surface area contributed by atoms with Gasteiger partial charge in [0.1, 0.15) is 6.07 Å². The van der Waals surface area contributed by atoms with Crippen molar-refractivity contribution >= 4 is 34.7 Å². The number of nitrogens with zero attached hydrogens (tertiary/aromatic N) is 4. The van der Waals surface area contributed by atoms with Crippen LogP contribution in [0, 0.1) is 17.1 Å². The predicted octanol–water partition coefficient (Wildman–Crippen LogP) is 5.10. The Morgan fingerprint density at radius 1 is 1.33 bits per heavy atom. The molecule has 2 aromatic heterocycles. The number of nitriles is 1. The van der Waals surface area contributed by atoms with Crippen LogP contribution < -0.4 is 10.1 Å². The monoisotopic (exact) mass is 465 g/mol. The van der Waals surface area contributed by atoms with Crippen LogP contribution in [0.4, 0.5) is 15.9 Å². The molecule has 8 nitrogen and oxygen atoms in total. The highest BCUT2D eigenvalue weighted by molar-refractivity contribution is 6.33. The zero-order valence-corrected chi connectivity index (χ0v) is 18.1. The van der Waals surface area contributed by atoms with E-state index in [1.165, 1.54) is 6.07 Å². The van der Waals surface area contributed by atoms with Crippen LogP contribution in [-0.2, 0) is 6.42 Å². The first-order valence-electron chi connectivity index (χ1n) is 9.88. The van der Waals surface area contributed by atoms with Gasteiger partial charge in [0.05, 0.1) is 22.5 Å². The van der Waals surface area contributed by atoms with Crippen LogP contribution in [0.15, 0.2) is 48.9 Å². The highest BCUT2D eigenvalue weighted by Crippen LogP contribution is 2.36.